The van der Waals surface area contributed by atoms with Crippen LogP contribution in [0.2, 0.25) is 0 Å². The number of oxime groups is 1. The van der Waals surface area contributed by atoms with E-state index in [0.29, 0.717) is 23.4 Å². The van der Waals surface area contributed by atoms with Gasteiger partial charge in [-0.25, -0.2) is 0 Å². The van der Waals surface area contributed by atoms with Gasteiger partial charge >= 0.3 is 0 Å². The topological polar surface area (TPSA) is 71.0 Å². The fourth-order valence-corrected chi connectivity index (χ4v) is 3.42. The van der Waals surface area contributed by atoms with E-state index in [0.717, 1.165) is 31.5 Å². The zero-order chi connectivity index (χ0) is 18.6. The maximum absolute atomic E-state index is 12.7. The molecule has 0 unspecified atom stereocenters. The van der Waals surface area contributed by atoms with Crippen molar-refractivity contribution in [1.29, 1.82) is 0 Å². The van der Waals surface area contributed by atoms with Gasteiger partial charge in [0.25, 0.3) is 11.8 Å². The van der Waals surface area contributed by atoms with E-state index in [1.165, 1.54) is 0 Å². The number of amides is 2. The number of benzene rings is 2. The number of nitrogens with zero attached hydrogens (tertiary/aromatic N) is 2. The number of likely N-dealkylation sites (tertiary alicyclic amines) is 1. The second-order valence-corrected chi connectivity index (χ2v) is 6.75. The molecule has 1 saturated heterocycles. The van der Waals surface area contributed by atoms with Gasteiger partial charge in [0.15, 0.2) is 6.10 Å². The molecule has 1 N–H and O–H groups in total. The summed E-state index contributed by atoms with van der Waals surface area (Å²) in [5.41, 5.74) is 2.32. The Kier molecular flexibility index (Phi) is 4.87. The maximum Gasteiger partial charge on any atom is 0.273 e. The van der Waals surface area contributed by atoms with Crippen molar-refractivity contribution < 1.29 is 14.4 Å². The lowest BCUT2D eigenvalue weighted by Crippen LogP contribution is -2.29. The molecule has 2 heterocycles. The molecule has 4 rings (SSSR count). The third-order valence-electron chi connectivity index (χ3n) is 4.90. The molecule has 1 fully saturated rings. The zero-order valence-corrected chi connectivity index (χ0v) is 14.9. The summed E-state index contributed by atoms with van der Waals surface area (Å²) in [4.78, 5) is 32.6. The predicted octanol–water partition coefficient (Wildman–Crippen LogP) is 3.38. The molecule has 138 valence electrons. The normalized spacial score (nSPS) is 18.7. The van der Waals surface area contributed by atoms with Crippen molar-refractivity contribution in [2.24, 2.45) is 5.16 Å². The average molecular weight is 363 g/mol. The first-order chi connectivity index (χ1) is 13.2. The van der Waals surface area contributed by atoms with E-state index in [1.807, 2.05) is 35.2 Å². The van der Waals surface area contributed by atoms with E-state index in [2.05, 4.69) is 10.5 Å². The minimum absolute atomic E-state index is 0.0461. The quantitative estimate of drug-likeness (QED) is 0.905. The molecule has 0 aliphatic carbocycles. The Hall–Kier alpha value is -3.15. The molecule has 6 nitrogen and oxygen atoms in total. The second kappa shape index (κ2) is 7.61. The Balaban J connectivity index is 1.45. The van der Waals surface area contributed by atoms with Gasteiger partial charge in [-0.05, 0) is 30.5 Å². The maximum atomic E-state index is 12.7. The van der Waals surface area contributed by atoms with Crippen LogP contribution in [0.5, 0.6) is 0 Å². The summed E-state index contributed by atoms with van der Waals surface area (Å²) in [5.74, 6) is -0.384. The number of carbonyl (C=O) groups excluding carboxylic acids is 2. The number of rotatable bonds is 4. The van der Waals surface area contributed by atoms with Crippen molar-refractivity contribution in [3.05, 3.63) is 65.7 Å². The first kappa shape index (κ1) is 17.3. The molecule has 0 saturated carbocycles. The van der Waals surface area contributed by atoms with Crippen LogP contribution in [0.3, 0.4) is 0 Å². The Labute approximate surface area is 157 Å². The predicted molar refractivity (Wildman–Crippen MR) is 103 cm³/mol. The lowest BCUT2D eigenvalue weighted by atomic mass is 10.0. The summed E-state index contributed by atoms with van der Waals surface area (Å²) in [5, 5.41) is 6.78. The highest BCUT2D eigenvalue weighted by molar-refractivity contribution is 6.43. The van der Waals surface area contributed by atoms with Crippen LogP contribution in [0.1, 0.15) is 41.3 Å². The van der Waals surface area contributed by atoms with Crippen LogP contribution >= 0.6 is 0 Å². The van der Waals surface area contributed by atoms with Crippen molar-refractivity contribution in [3.8, 4) is 0 Å². The lowest BCUT2D eigenvalue weighted by molar-refractivity contribution is -0.110. The summed E-state index contributed by atoms with van der Waals surface area (Å²) in [6, 6.07) is 16.8. The number of anilines is 1. The summed E-state index contributed by atoms with van der Waals surface area (Å²) in [6.45, 7) is 1.53. The Morgan fingerprint density at radius 3 is 2.48 bits per heavy atom. The van der Waals surface area contributed by atoms with Crippen LogP contribution in [0.4, 0.5) is 5.69 Å². The highest BCUT2D eigenvalue weighted by atomic mass is 16.6. The van der Waals surface area contributed by atoms with Crippen LogP contribution in [-0.2, 0) is 9.63 Å². The first-order valence-electron chi connectivity index (χ1n) is 9.19. The molecule has 1 atom stereocenters. The van der Waals surface area contributed by atoms with Gasteiger partial charge in [0.1, 0.15) is 5.71 Å². The third-order valence-corrected chi connectivity index (χ3v) is 4.90. The number of hydrogen-bond donors (Lipinski definition) is 1. The van der Waals surface area contributed by atoms with Gasteiger partial charge < -0.3 is 15.1 Å². The molecule has 6 heteroatoms. The van der Waals surface area contributed by atoms with Gasteiger partial charge in [0, 0.05) is 19.5 Å². The molecule has 2 aromatic carbocycles. The van der Waals surface area contributed by atoms with Crippen LogP contribution in [0, 0.1) is 0 Å². The summed E-state index contributed by atoms with van der Waals surface area (Å²) >= 11 is 0. The molecule has 27 heavy (non-hydrogen) atoms. The van der Waals surface area contributed by atoms with Crippen LogP contribution < -0.4 is 5.32 Å². The molecule has 2 aliphatic rings. The highest BCUT2D eigenvalue weighted by Crippen LogP contribution is 2.28. The minimum Gasteiger partial charge on any atom is -0.387 e. The van der Waals surface area contributed by atoms with Gasteiger partial charge in [0.2, 0.25) is 0 Å². The Morgan fingerprint density at radius 2 is 1.70 bits per heavy atom. The molecule has 0 spiro atoms. The monoisotopic (exact) mass is 363 g/mol. The van der Waals surface area contributed by atoms with Crippen molar-refractivity contribution in [1.82, 2.24) is 4.90 Å². The van der Waals surface area contributed by atoms with E-state index in [9.17, 15) is 9.59 Å². The van der Waals surface area contributed by atoms with E-state index in [1.54, 1.807) is 24.3 Å². The molecular formula is C21H21N3O3. The number of nitrogens with one attached hydrogen (secondary N) is 1. The van der Waals surface area contributed by atoms with Gasteiger partial charge in [-0.1, -0.05) is 47.6 Å². The molecule has 2 aromatic rings. The van der Waals surface area contributed by atoms with Crippen LogP contribution in [0.15, 0.2) is 59.8 Å². The summed E-state index contributed by atoms with van der Waals surface area (Å²) < 4.78 is 0. The van der Waals surface area contributed by atoms with E-state index < -0.39 is 0 Å². The highest BCUT2D eigenvalue weighted by Gasteiger charge is 2.28. The van der Waals surface area contributed by atoms with Crippen molar-refractivity contribution >= 4 is 23.2 Å². The van der Waals surface area contributed by atoms with Gasteiger partial charge in [-0.15, -0.1) is 0 Å². The minimum atomic E-state index is -0.338. The van der Waals surface area contributed by atoms with Gasteiger partial charge in [-0.3, -0.25) is 9.59 Å². The average Bonchev–Trinajstić information content (AvgIpc) is 3.41. The first-order valence-corrected chi connectivity index (χ1v) is 9.19. The molecule has 0 aromatic heterocycles. The van der Waals surface area contributed by atoms with Gasteiger partial charge in [-0.2, -0.15) is 0 Å². The van der Waals surface area contributed by atoms with E-state index in [-0.39, 0.29) is 17.9 Å². The standard InChI is InChI=1S/C21H21N3O3/c25-20(18-14-19(27-23-18)15-8-2-1-3-9-15)22-17-11-5-4-10-16(17)21(26)24-12-6-7-13-24/h1-5,8-11,19H,6-7,12-14H2,(H,22,25)/t19-/m0/s1. The van der Waals surface area contributed by atoms with Crippen molar-refractivity contribution in [3.63, 3.8) is 0 Å². The smallest absolute Gasteiger partial charge is 0.273 e. The van der Waals surface area contributed by atoms with Gasteiger partial charge in [0.05, 0.1) is 11.3 Å². The lowest BCUT2D eigenvalue weighted by Gasteiger charge is -2.17. The molecule has 2 amide bonds. The van der Waals surface area contributed by atoms with Crippen LogP contribution in [0.25, 0.3) is 0 Å². The van der Waals surface area contributed by atoms with Crippen LogP contribution in [-0.4, -0.2) is 35.5 Å². The largest absolute Gasteiger partial charge is 0.387 e. The number of carbonyl (C=O) groups is 2. The van der Waals surface area contributed by atoms with Crippen molar-refractivity contribution in [2.75, 3.05) is 18.4 Å². The number of hydrogen-bond acceptors (Lipinski definition) is 4. The summed E-state index contributed by atoms with van der Waals surface area (Å²) in [6.07, 6.45) is 2.19. The summed E-state index contributed by atoms with van der Waals surface area (Å²) in [7, 11) is 0. The zero-order valence-electron chi connectivity index (χ0n) is 14.9. The fraction of sp³-hybridized carbons (Fsp3) is 0.286. The SMILES string of the molecule is O=C(Nc1ccccc1C(=O)N1CCCC1)C1=NO[C@H](c2ccccc2)C1. The second-order valence-electron chi connectivity index (χ2n) is 6.75. The van der Waals surface area contributed by atoms with E-state index in [4.69, 9.17) is 4.84 Å². The fourth-order valence-electron chi connectivity index (χ4n) is 3.42. The van der Waals surface area contributed by atoms with Crippen molar-refractivity contribution in [2.45, 2.75) is 25.4 Å². The molecular weight excluding hydrogens is 342 g/mol. The molecule has 2 aliphatic heterocycles. The molecule has 0 bridgehead atoms. The molecule has 0 radical (unpaired) electrons. The Morgan fingerprint density at radius 1 is 1.00 bits per heavy atom. The van der Waals surface area contributed by atoms with E-state index >= 15 is 0 Å². The third kappa shape index (κ3) is 3.69. The number of para-hydroxylation sites is 1. The Bertz CT molecular complexity index is 873.